The van der Waals surface area contributed by atoms with Crippen molar-refractivity contribution in [1.29, 1.82) is 0 Å². The molecule has 1 aromatic carbocycles. The predicted molar refractivity (Wildman–Crippen MR) is 75.9 cm³/mol. The summed E-state index contributed by atoms with van der Waals surface area (Å²) in [7, 11) is 0. The van der Waals surface area contributed by atoms with Crippen molar-refractivity contribution in [3.05, 3.63) is 39.9 Å². The second kappa shape index (κ2) is 6.48. The summed E-state index contributed by atoms with van der Waals surface area (Å²) < 4.78 is 5.33. The summed E-state index contributed by atoms with van der Waals surface area (Å²) in [6.07, 6.45) is -0.456. The van der Waals surface area contributed by atoms with E-state index in [1.807, 2.05) is 6.92 Å². The molecule has 0 saturated carbocycles. The van der Waals surface area contributed by atoms with Crippen LogP contribution < -0.4 is 5.32 Å². The third-order valence-electron chi connectivity index (χ3n) is 3.92. The van der Waals surface area contributed by atoms with Gasteiger partial charge in [0, 0.05) is 38.2 Å². The van der Waals surface area contributed by atoms with Gasteiger partial charge in [-0.1, -0.05) is 0 Å². The van der Waals surface area contributed by atoms with Crippen LogP contribution in [0.15, 0.2) is 24.3 Å². The molecule has 7 nitrogen and oxygen atoms in total. The number of nitro benzene ring substituents is 1. The first kappa shape index (κ1) is 15.8. The van der Waals surface area contributed by atoms with Crippen LogP contribution in [-0.2, 0) is 4.74 Å². The van der Waals surface area contributed by atoms with Crippen LogP contribution in [0.1, 0.15) is 25.0 Å². The molecule has 1 aliphatic heterocycles. The lowest BCUT2D eigenvalue weighted by atomic mass is 9.96. The standard InChI is InChI=1S/C14H20N2O5/c1-10-14(18,6-7-21-10)9-15-8-13(17)11-2-4-12(5-3-11)16(19)20/h2-5,10,13,15,17-18H,6-9H2,1H3. The number of rotatable bonds is 6. The minimum Gasteiger partial charge on any atom is -0.387 e. The highest BCUT2D eigenvalue weighted by molar-refractivity contribution is 5.33. The Hall–Kier alpha value is -1.54. The Morgan fingerprint density at radius 1 is 1.52 bits per heavy atom. The summed E-state index contributed by atoms with van der Waals surface area (Å²) in [4.78, 5) is 10.1. The van der Waals surface area contributed by atoms with Crippen molar-refractivity contribution in [3.63, 3.8) is 0 Å². The number of hydrogen-bond acceptors (Lipinski definition) is 6. The van der Waals surface area contributed by atoms with Crippen molar-refractivity contribution < 1.29 is 19.9 Å². The largest absolute Gasteiger partial charge is 0.387 e. The van der Waals surface area contributed by atoms with Gasteiger partial charge in [-0.25, -0.2) is 0 Å². The normalized spacial score (nSPS) is 26.7. The molecule has 3 unspecified atom stereocenters. The Bertz CT molecular complexity index is 493. The number of ether oxygens (including phenoxy) is 1. The van der Waals surface area contributed by atoms with Gasteiger partial charge >= 0.3 is 0 Å². The van der Waals surface area contributed by atoms with Crippen LogP contribution in [0.5, 0.6) is 0 Å². The highest BCUT2D eigenvalue weighted by Crippen LogP contribution is 2.25. The molecular formula is C14H20N2O5. The SMILES string of the molecule is CC1OCCC1(O)CNCC(O)c1ccc([N+](=O)[O-])cc1. The van der Waals surface area contributed by atoms with Gasteiger partial charge in [-0.05, 0) is 24.6 Å². The van der Waals surface area contributed by atoms with Gasteiger partial charge in [-0.2, -0.15) is 0 Å². The van der Waals surface area contributed by atoms with Crippen LogP contribution in [0.2, 0.25) is 0 Å². The van der Waals surface area contributed by atoms with Crippen LogP contribution >= 0.6 is 0 Å². The predicted octanol–water partition coefficient (Wildman–Crippen LogP) is 0.758. The third-order valence-corrected chi connectivity index (χ3v) is 3.92. The zero-order chi connectivity index (χ0) is 15.5. The van der Waals surface area contributed by atoms with E-state index in [-0.39, 0.29) is 18.3 Å². The summed E-state index contributed by atoms with van der Waals surface area (Å²) in [5, 5.41) is 33.9. The molecule has 1 fully saturated rings. The van der Waals surface area contributed by atoms with Crippen LogP contribution in [0.25, 0.3) is 0 Å². The van der Waals surface area contributed by atoms with E-state index in [2.05, 4.69) is 5.32 Å². The Balaban J connectivity index is 1.84. The van der Waals surface area contributed by atoms with Crippen molar-refractivity contribution in [2.45, 2.75) is 31.2 Å². The van der Waals surface area contributed by atoms with Crippen LogP contribution in [0, 0.1) is 10.1 Å². The molecule has 1 aliphatic rings. The van der Waals surface area contributed by atoms with Gasteiger partial charge in [-0.15, -0.1) is 0 Å². The topological polar surface area (TPSA) is 105 Å². The molecule has 21 heavy (non-hydrogen) atoms. The molecule has 1 aromatic rings. The molecule has 0 aromatic heterocycles. The highest BCUT2D eigenvalue weighted by atomic mass is 16.6. The molecule has 0 bridgehead atoms. The maximum absolute atomic E-state index is 10.6. The molecular weight excluding hydrogens is 276 g/mol. The molecule has 0 amide bonds. The fraction of sp³-hybridized carbons (Fsp3) is 0.571. The molecule has 7 heteroatoms. The molecule has 3 N–H and O–H groups in total. The van der Waals surface area contributed by atoms with E-state index in [1.165, 1.54) is 24.3 Å². The van der Waals surface area contributed by atoms with E-state index in [1.54, 1.807) is 0 Å². The fourth-order valence-corrected chi connectivity index (χ4v) is 2.36. The van der Waals surface area contributed by atoms with Gasteiger partial charge < -0.3 is 20.3 Å². The van der Waals surface area contributed by atoms with Crippen molar-refractivity contribution in [2.24, 2.45) is 0 Å². The minimum atomic E-state index is -0.908. The first-order valence-corrected chi connectivity index (χ1v) is 6.89. The molecule has 1 saturated heterocycles. The summed E-state index contributed by atoms with van der Waals surface area (Å²) in [5.74, 6) is 0. The fourth-order valence-electron chi connectivity index (χ4n) is 2.36. The molecule has 2 rings (SSSR count). The zero-order valence-electron chi connectivity index (χ0n) is 11.9. The number of aliphatic hydroxyl groups excluding tert-OH is 1. The highest BCUT2D eigenvalue weighted by Gasteiger charge is 2.39. The summed E-state index contributed by atoms with van der Waals surface area (Å²) >= 11 is 0. The lowest BCUT2D eigenvalue weighted by Crippen LogP contribution is -2.46. The quantitative estimate of drug-likeness (QED) is 0.529. The summed E-state index contributed by atoms with van der Waals surface area (Å²) in [6.45, 7) is 2.94. The van der Waals surface area contributed by atoms with Gasteiger partial charge in [0.05, 0.1) is 17.1 Å². The third kappa shape index (κ3) is 3.76. The lowest BCUT2D eigenvalue weighted by molar-refractivity contribution is -0.384. The van der Waals surface area contributed by atoms with Crippen LogP contribution in [0.3, 0.4) is 0 Å². The van der Waals surface area contributed by atoms with Gasteiger partial charge in [0.1, 0.15) is 5.60 Å². The van der Waals surface area contributed by atoms with Crippen LogP contribution in [-0.4, -0.2) is 46.5 Å². The van der Waals surface area contributed by atoms with Gasteiger partial charge in [-0.3, -0.25) is 10.1 Å². The number of non-ortho nitro benzene ring substituents is 1. The first-order valence-electron chi connectivity index (χ1n) is 6.89. The number of nitrogens with zero attached hydrogens (tertiary/aromatic N) is 1. The van der Waals surface area contributed by atoms with Gasteiger partial charge in [0.15, 0.2) is 0 Å². The lowest BCUT2D eigenvalue weighted by Gasteiger charge is -2.26. The van der Waals surface area contributed by atoms with E-state index >= 15 is 0 Å². The molecule has 3 atom stereocenters. The molecule has 0 radical (unpaired) electrons. The summed E-state index contributed by atoms with van der Waals surface area (Å²) in [6, 6.07) is 5.78. The monoisotopic (exact) mass is 296 g/mol. The molecule has 1 heterocycles. The number of hydrogen-bond donors (Lipinski definition) is 3. The number of nitro groups is 1. The molecule has 0 spiro atoms. The maximum atomic E-state index is 10.6. The zero-order valence-corrected chi connectivity index (χ0v) is 11.9. The average Bonchev–Trinajstić information content (AvgIpc) is 2.78. The number of nitrogens with one attached hydrogen (secondary N) is 1. The Morgan fingerprint density at radius 3 is 2.71 bits per heavy atom. The van der Waals surface area contributed by atoms with Crippen molar-refractivity contribution in [2.75, 3.05) is 19.7 Å². The van der Waals surface area contributed by atoms with Gasteiger partial charge in [0.25, 0.3) is 5.69 Å². The smallest absolute Gasteiger partial charge is 0.269 e. The second-order valence-corrected chi connectivity index (χ2v) is 5.36. The van der Waals surface area contributed by atoms with Crippen molar-refractivity contribution in [1.82, 2.24) is 5.32 Å². The van der Waals surface area contributed by atoms with Crippen LogP contribution in [0.4, 0.5) is 5.69 Å². The van der Waals surface area contributed by atoms with E-state index in [0.717, 1.165) is 0 Å². The summed E-state index contributed by atoms with van der Waals surface area (Å²) in [5.41, 5.74) is -0.323. The van der Waals surface area contributed by atoms with Gasteiger partial charge in [0.2, 0.25) is 0 Å². The van der Waals surface area contributed by atoms with Crippen molar-refractivity contribution >= 4 is 5.69 Å². The Morgan fingerprint density at radius 2 is 2.19 bits per heavy atom. The van der Waals surface area contributed by atoms with E-state index < -0.39 is 16.6 Å². The van der Waals surface area contributed by atoms with E-state index in [0.29, 0.717) is 25.1 Å². The van der Waals surface area contributed by atoms with Crippen molar-refractivity contribution in [3.8, 4) is 0 Å². The average molecular weight is 296 g/mol. The Labute approximate surface area is 122 Å². The minimum absolute atomic E-state index is 0.00912. The number of benzene rings is 1. The number of aliphatic hydroxyl groups is 2. The van der Waals surface area contributed by atoms with E-state index in [9.17, 15) is 20.3 Å². The molecule has 0 aliphatic carbocycles. The Kier molecular flexibility index (Phi) is 4.89. The second-order valence-electron chi connectivity index (χ2n) is 5.36. The molecule has 116 valence electrons. The maximum Gasteiger partial charge on any atom is 0.269 e. The first-order chi connectivity index (χ1) is 9.92. The van der Waals surface area contributed by atoms with E-state index in [4.69, 9.17) is 4.74 Å².